The van der Waals surface area contributed by atoms with Crippen molar-refractivity contribution in [2.75, 3.05) is 19.7 Å². The average molecular weight is 315 g/mol. The minimum Gasteiger partial charge on any atom is -0.494 e. The quantitative estimate of drug-likeness (QED) is 0.868. The third-order valence-electron chi connectivity index (χ3n) is 3.99. The zero-order valence-electron chi connectivity index (χ0n) is 13.5. The van der Waals surface area contributed by atoms with Gasteiger partial charge < -0.3 is 14.1 Å². The fourth-order valence-electron chi connectivity index (χ4n) is 2.91. The van der Waals surface area contributed by atoms with Crippen LogP contribution in [0, 0.1) is 6.92 Å². The van der Waals surface area contributed by atoms with Crippen molar-refractivity contribution in [1.82, 2.24) is 15.1 Å². The molecule has 6 heteroatoms. The van der Waals surface area contributed by atoms with Gasteiger partial charge in [-0.15, -0.1) is 10.2 Å². The number of nitrogens with zero attached hydrogens (tertiary/aromatic N) is 3. The lowest BCUT2D eigenvalue weighted by Gasteiger charge is -2.31. The Morgan fingerprint density at radius 2 is 2.30 bits per heavy atom. The molecule has 1 fully saturated rings. The number of piperidine rings is 1. The Balaban J connectivity index is 1.73. The van der Waals surface area contributed by atoms with Crippen LogP contribution in [0.4, 0.5) is 0 Å². The van der Waals surface area contributed by atoms with Crippen molar-refractivity contribution < 1.29 is 13.9 Å². The Hall–Kier alpha value is -2.37. The number of likely N-dealkylation sites (tertiary alicyclic amines) is 1. The standard InChI is InChI=1S/C17H21N3O3/c1-3-22-15-8-4-6-13(10-15)17(21)20-9-5-7-14(11-20)16-19-18-12(2)23-16/h4,6,8,10,14H,3,5,7,9,11H2,1-2H3. The Labute approximate surface area is 135 Å². The molecule has 0 bridgehead atoms. The maximum atomic E-state index is 12.7. The highest BCUT2D eigenvalue weighted by molar-refractivity contribution is 5.94. The first-order valence-electron chi connectivity index (χ1n) is 7.99. The van der Waals surface area contributed by atoms with Gasteiger partial charge in [-0.05, 0) is 38.0 Å². The van der Waals surface area contributed by atoms with Crippen LogP contribution >= 0.6 is 0 Å². The van der Waals surface area contributed by atoms with Crippen molar-refractivity contribution in [2.24, 2.45) is 0 Å². The van der Waals surface area contributed by atoms with Gasteiger partial charge in [-0.3, -0.25) is 4.79 Å². The summed E-state index contributed by atoms with van der Waals surface area (Å²) in [6, 6.07) is 7.33. The van der Waals surface area contributed by atoms with Crippen molar-refractivity contribution in [3.05, 3.63) is 41.6 Å². The lowest BCUT2D eigenvalue weighted by atomic mass is 9.97. The molecule has 1 aliphatic heterocycles. The van der Waals surface area contributed by atoms with E-state index in [2.05, 4.69) is 10.2 Å². The number of carbonyl (C=O) groups is 1. The summed E-state index contributed by atoms with van der Waals surface area (Å²) in [6.07, 6.45) is 1.90. The number of rotatable bonds is 4. The van der Waals surface area contributed by atoms with Crippen molar-refractivity contribution in [1.29, 1.82) is 0 Å². The zero-order valence-corrected chi connectivity index (χ0v) is 13.5. The van der Waals surface area contributed by atoms with E-state index in [1.165, 1.54) is 0 Å². The van der Waals surface area contributed by atoms with E-state index < -0.39 is 0 Å². The first-order chi connectivity index (χ1) is 11.2. The molecule has 3 rings (SSSR count). The number of hydrogen-bond donors (Lipinski definition) is 0. The summed E-state index contributed by atoms with van der Waals surface area (Å²) in [5.74, 6) is 2.05. The molecule has 0 spiro atoms. The summed E-state index contributed by atoms with van der Waals surface area (Å²) in [5, 5.41) is 7.99. The highest BCUT2D eigenvalue weighted by Gasteiger charge is 2.28. The number of aryl methyl sites for hydroxylation is 1. The van der Waals surface area contributed by atoms with Crippen LogP contribution in [0.5, 0.6) is 5.75 Å². The van der Waals surface area contributed by atoms with Crippen molar-refractivity contribution >= 4 is 5.91 Å². The van der Waals surface area contributed by atoms with Gasteiger partial charge in [0.25, 0.3) is 5.91 Å². The normalized spacial score (nSPS) is 18.0. The Kier molecular flexibility index (Phi) is 4.60. The Morgan fingerprint density at radius 3 is 3.04 bits per heavy atom. The lowest BCUT2D eigenvalue weighted by molar-refractivity contribution is 0.0697. The molecule has 1 aromatic carbocycles. The molecule has 1 aromatic heterocycles. The third-order valence-corrected chi connectivity index (χ3v) is 3.99. The van der Waals surface area contributed by atoms with Crippen LogP contribution in [0.3, 0.4) is 0 Å². The molecule has 1 saturated heterocycles. The molecule has 1 unspecified atom stereocenters. The minimum atomic E-state index is 0.0208. The van der Waals surface area contributed by atoms with Crippen LogP contribution in [0.25, 0.3) is 0 Å². The molecule has 0 aliphatic carbocycles. The monoisotopic (exact) mass is 315 g/mol. The van der Waals surface area contributed by atoms with Gasteiger partial charge >= 0.3 is 0 Å². The van der Waals surface area contributed by atoms with E-state index in [9.17, 15) is 4.79 Å². The number of hydrogen-bond acceptors (Lipinski definition) is 5. The molecule has 1 amide bonds. The van der Waals surface area contributed by atoms with Crippen LogP contribution in [0.1, 0.15) is 47.8 Å². The Morgan fingerprint density at radius 1 is 1.43 bits per heavy atom. The number of ether oxygens (including phenoxy) is 1. The predicted octanol–water partition coefficient (Wildman–Crippen LogP) is 2.80. The van der Waals surface area contributed by atoms with E-state index in [1.807, 2.05) is 30.0 Å². The second kappa shape index (κ2) is 6.81. The molecular formula is C17H21N3O3. The van der Waals surface area contributed by atoms with Gasteiger partial charge in [0.05, 0.1) is 12.5 Å². The summed E-state index contributed by atoms with van der Waals surface area (Å²) in [4.78, 5) is 14.6. The van der Waals surface area contributed by atoms with E-state index in [4.69, 9.17) is 9.15 Å². The predicted molar refractivity (Wildman–Crippen MR) is 84.5 cm³/mol. The summed E-state index contributed by atoms with van der Waals surface area (Å²) >= 11 is 0. The fourth-order valence-corrected chi connectivity index (χ4v) is 2.91. The van der Waals surface area contributed by atoms with Gasteiger partial charge in [-0.1, -0.05) is 6.07 Å². The van der Waals surface area contributed by atoms with Gasteiger partial charge in [0.1, 0.15) is 5.75 Å². The van der Waals surface area contributed by atoms with Crippen LogP contribution < -0.4 is 4.74 Å². The largest absolute Gasteiger partial charge is 0.494 e. The zero-order chi connectivity index (χ0) is 16.2. The highest BCUT2D eigenvalue weighted by Crippen LogP contribution is 2.27. The fraction of sp³-hybridized carbons (Fsp3) is 0.471. The molecule has 6 nitrogen and oxygen atoms in total. The second-order valence-corrected chi connectivity index (χ2v) is 5.71. The first kappa shape index (κ1) is 15.5. The van der Waals surface area contributed by atoms with Crippen LogP contribution in [-0.2, 0) is 0 Å². The molecular weight excluding hydrogens is 294 g/mol. The topological polar surface area (TPSA) is 68.5 Å². The molecule has 0 N–H and O–H groups in total. The van der Waals surface area contributed by atoms with Gasteiger partial charge in [-0.2, -0.15) is 0 Å². The van der Waals surface area contributed by atoms with Crippen molar-refractivity contribution in [2.45, 2.75) is 32.6 Å². The van der Waals surface area contributed by atoms with E-state index in [-0.39, 0.29) is 11.8 Å². The number of carbonyl (C=O) groups excluding carboxylic acids is 1. The van der Waals surface area contributed by atoms with Gasteiger partial charge in [-0.25, -0.2) is 0 Å². The third kappa shape index (κ3) is 3.52. The molecule has 0 saturated carbocycles. The molecule has 2 heterocycles. The molecule has 1 atom stereocenters. The maximum absolute atomic E-state index is 12.7. The molecule has 122 valence electrons. The van der Waals surface area contributed by atoms with E-state index in [0.717, 1.165) is 25.1 Å². The van der Waals surface area contributed by atoms with Gasteiger partial charge in [0.2, 0.25) is 11.8 Å². The minimum absolute atomic E-state index is 0.0208. The van der Waals surface area contributed by atoms with E-state index in [0.29, 0.717) is 30.5 Å². The molecule has 0 radical (unpaired) electrons. The first-order valence-corrected chi connectivity index (χ1v) is 7.99. The molecule has 1 aliphatic rings. The maximum Gasteiger partial charge on any atom is 0.254 e. The van der Waals surface area contributed by atoms with Crippen LogP contribution in [0.2, 0.25) is 0 Å². The number of benzene rings is 1. The summed E-state index contributed by atoms with van der Waals surface area (Å²) < 4.78 is 11.0. The highest BCUT2D eigenvalue weighted by atomic mass is 16.5. The SMILES string of the molecule is CCOc1cccc(C(=O)N2CCCC(c3nnc(C)o3)C2)c1. The van der Waals surface area contributed by atoms with Crippen molar-refractivity contribution in [3.8, 4) is 5.75 Å². The van der Waals surface area contributed by atoms with Crippen LogP contribution in [-0.4, -0.2) is 40.7 Å². The summed E-state index contributed by atoms with van der Waals surface area (Å²) in [7, 11) is 0. The van der Waals surface area contributed by atoms with Gasteiger partial charge in [0.15, 0.2) is 0 Å². The van der Waals surface area contributed by atoms with E-state index >= 15 is 0 Å². The average Bonchev–Trinajstić information content (AvgIpc) is 3.01. The molecule has 23 heavy (non-hydrogen) atoms. The Bertz CT molecular complexity index is 683. The van der Waals surface area contributed by atoms with Crippen LogP contribution in [0.15, 0.2) is 28.7 Å². The summed E-state index contributed by atoms with van der Waals surface area (Å²) in [5.41, 5.74) is 0.651. The molecule has 2 aromatic rings. The number of aromatic nitrogens is 2. The lowest BCUT2D eigenvalue weighted by Crippen LogP contribution is -2.39. The number of amides is 1. The van der Waals surface area contributed by atoms with E-state index in [1.54, 1.807) is 13.0 Å². The second-order valence-electron chi connectivity index (χ2n) is 5.71. The van der Waals surface area contributed by atoms with Gasteiger partial charge in [0, 0.05) is 25.6 Å². The smallest absolute Gasteiger partial charge is 0.254 e. The van der Waals surface area contributed by atoms with Crippen molar-refractivity contribution in [3.63, 3.8) is 0 Å². The summed E-state index contributed by atoms with van der Waals surface area (Å²) in [6.45, 7) is 5.65.